The largest absolute Gasteiger partial charge is 0.377 e. The van der Waals surface area contributed by atoms with E-state index in [0.29, 0.717) is 36.9 Å². The van der Waals surface area contributed by atoms with Gasteiger partial charge in [-0.3, -0.25) is 9.59 Å². The first-order valence-electron chi connectivity index (χ1n) is 8.71. The van der Waals surface area contributed by atoms with E-state index in [-0.39, 0.29) is 19.1 Å². The molecule has 2 aromatic heterocycles. The highest BCUT2D eigenvalue weighted by atomic mass is 16.5. The van der Waals surface area contributed by atoms with Gasteiger partial charge in [0.05, 0.1) is 17.5 Å². The first-order valence-corrected chi connectivity index (χ1v) is 8.71. The highest BCUT2D eigenvalue weighted by Gasteiger charge is 2.42. The number of rotatable bonds is 7. The molecule has 2 amide bonds. The van der Waals surface area contributed by atoms with Crippen molar-refractivity contribution >= 4 is 11.8 Å². The Labute approximate surface area is 156 Å². The molecule has 3 heterocycles. The molecule has 3 rings (SSSR count). The fraction of sp³-hybridized carbons (Fsp3) is 0.588. The molecule has 1 aliphatic rings. The molecule has 10 heteroatoms. The van der Waals surface area contributed by atoms with Gasteiger partial charge in [-0.15, -0.1) is 0 Å². The molecule has 2 N–H and O–H groups in total. The lowest BCUT2D eigenvalue weighted by Gasteiger charge is -2.15. The first kappa shape index (κ1) is 19.0. The number of hydrogen-bond donors (Lipinski definition) is 1. The molecule has 2 aromatic rings. The number of carbonyl (C=O) groups excluding carboxylic acids is 2. The molecule has 0 aliphatic carbocycles. The van der Waals surface area contributed by atoms with Gasteiger partial charge in [0, 0.05) is 32.2 Å². The second-order valence-electron chi connectivity index (χ2n) is 6.70. The van der Waals surface area contributed by atoms with E-state index in [4.69, 9.17) is 19.5 Å². The number of primary amides is 1. The summed E-state index contributed by atoms with van der Waals surface area (Å²) in [5.74, 6) is -0.141. The first-order chi connectivity index (χ1) is 12.9. The number of aromatic nitrogens is 3. The minimum absolute atomic E-state index is 0.0691. The zero-order chi connectivity index (χ0) is 19.6. The molecular formula is C17H23N5O5. The smallest absolute Gasteiger partial charge is 0.232 e. The van der Waals surface area contributed by atoms with Crippen LogP contribution in [0.2, 0.25) is 0 Å². The van der Waals surface area contributed by atoms with Gasteiger partial charge in [-0.05, 0) is 20.3 Å². The Morgan fingerprint density at radius 2 is 2.04 bits per heavy atom. The van der Waals surface area contributed by atoms with E-state index in [1.165, 1.54) is 7.11 Å². The molecule has 0 spiro atoms. The van der Waals surface area contributed by atoms with Gasteiger partial charge in [-0.1, -0.05) is 10.3 Å². The Balaban J connectivity index is 1.68. The van der Waals surface area contributed by atoms with Crippen molar-refractivity contribution in [1.82, 2.24) is 20.2 Å². The maximum absolute atomic E-state index is 12.7. The maximum Gasteiger partial charge on any atom is 0.232 e. The van der Waals surface area contributed by atoms with Crippen LogP contribution >= 0.6 is 0 Å². The molecule has 1 fully saturated rings. The predicted molar refractivity (Wildman–Crippen MR) is 91.3 cm³/mol. The summed E-state index contributed by atoms with van der Waals surface area (Å²) in [4.78, 5) is 30.4. The standard InChI is InChI=1S/C17H23N5O5/c1-9-11(10(2)26-20-9)4-5-15(23)22-6-12(16(18)24)13(7-22)17-19-14(8-25-3)21-27-17/h12-13H,4-8H2,1-3H3,(H2,18,24). The van der Waals surface area contributed by atoms with Crippen LogP contribution in [0, 0.1) is 19.8 Å². The number of aryl methyl sites for hydroxylation is 2. The second kappa shape index (κ2) is 7.87. The highest BCUT2D eigenvalue weighted by Crippen LogP contribution is 2.32. The van der Waals surface area contributed by atoms with E-state index in [9.17, 15) is 9.59 Å². The van der Waals surface area contributed by atoms with Crippen LogP contribution in [0.1, 0.15) is 41.1 Å². The molecule has 0 radical (unpaired) electrons. The Bertz CT molecular complexity index is 810. The summed E-state index contributed by atoms with van der Waals surface area (Å²) in [6.07, 6.45) is 0.820. The third-order valence-corrected chi connectivity index (χ3v) is 4.88. The quantitative estimate of drug-likeness (QED) is 0.735. The molecule has 0 aromatic carbocycles. The molecule has 2 unspecified atom stereocenters. The SMILES string of the molecule is COCc1noc(C2CN(C(=O)CCc3c(C)noc3C)CC2C(N)=O)n1. The molecule has 2 atom stereocenters. The topological polar surface area (TPSA) is 138 Å². The van der Waals surface area contributed by atoms with Crippen LogP contribution in [0.15, 0.2) is 9.05 Å². The minimum atomic E-state index is -0.566. The van der Waals surface area contributed by atoms with Crippen molar-refractivity contribution in [1.29, 1.82) is 0 Å². The summed E-state index contributed by atoms with van der Waals surface area (Å²) in [7, 11) is 1.52. The highest BCUT2D eigenvalue weighted by molar-refractivity contribution is 5.82. The van der Waals surface area contributed by atoms with Gasteiger partial charge in [-0.25, -0.2) is 0 Å². The lowest BCUT2D eigenvalue weighted by molar-refractivity contribution is -0.130. The van der Waals surface area contributed by atoms with Crippen LogP contribution < -0.4 is 5.73 Å². The lowest BCUT2D eigenvalue weighted by atomic mass is 9.95. The molecule has 1 aliphatic heterocycles. The van der Waals surface area contributed by atoms with E-state index in [2.05, 4.69) is 15.3 Å². The average molecular weight is 377 g/mol. The summed E-state index contributed by atoms with van der Waals surface area (Å²) >= 11 is 0. The summed E-state index contributed by atoms with van der Waals surface area (Å²) in [6, 6.07) is 0. The van der Waals surface area contributed by atoms with E-state index in [1.807, 2.05) is 13.8 Å². The molecule has 10 nitrogen and oxygen atoms in total. The van der Waals surface area contributed by atoms with Crippen molar-refractivity contribution in [3.63, 3.8) is 0 Å². The van der Waals surface area contributed by atoms with E-state index in [1.54, 1.807) is 4.90 Å². The average Bonchev–Trinajstić information content (AvgIpc) is 3.33. The number of nitrogens with zero attached hydrogens (tertiary/aromatic N) is 4. The number of hydrogen-bond acceptors (Lipinski definition) is 8. The van der Waals surface area contributed by atoms with Crippen LogP contribution in [0.3, 0.4) is 0 Å². The van der Waals surface area contributed by atoms with Crippen LogP contribution in [0.25, 0.3) is 0 Å². The van der Waals surface area contributed by atoms with E-state index in [0.717, 1.165) is 11.3 Å². The van der Waals surface area contributed by atoms with E-state index < -0.39 is 17.7 Å². The molecular weight excluding hydrogens is 354 g/mol. The van der Waals surface area contributed by atoms with Crippen molar-refractivity contribution in [3.05, 3.63) is 28.7 Å². The van der Waals surface area contributed by atoms with E-state index >= 15 is 0 Å². The second-order valence-corrected chi connectivity index (χ2v) is 6.70. The number of carbonyl (C=O) groups is 2. The molecule has 1 saturated heterocycles. The van der Waals surface area contributed by atoms with Gasteiger partial charge >= 0.3 is 0 Å². The van der Waals surface area contributed by atoms with Crippen LogP contribution in [0.5, 0.6) is 0 Å². The fourth-order valence-electron chi connectivity index (χ4n) is 3.40. The van der Waals surface area contributed by atoms with Crippen molar-refractivity contribution in [3.8, 4) is 0 Å². The summed E-state index contributed by atoms with van der Waals surface area (Å²) in [5, 5.41) is 7.72. The van der Waals surface area contributed by atoms with Gasteiger partial charge in [-0.2, -0.15) is 4.98 Å². The van der Waals surface area contributed by atoms with Gasteiger partial charge in [0.1, 0.15) is 12.4 Å². The molecule has 27 heavy (non-hydrogen) atoms. The Morgan fingerprint density at radius 3 is 2.67 bits per heavy atom. The Morgan fingerprint density at radius 1 is 1.26 bits per heavy atom. The number of methoxy groups -OCH3 is 1. The monoisotopic (exact) mass is 377 g/mol. The predicted octanol–water partition coefficient (Wildman–Crippen LogP) is 0.481. The van der Waals surface area contributed by atoms with Gasteiger partial charge in [0.25, 0.3) is 0 Å². The van der Waals surface area contributed by atoms with Crippen LogP contribution in [-0.4, -0.2) is 52.2 Å². The third kappa shape index (κ3) is 4.00. The number of ether oxygens (including phenoxy) is 1. The van der Waals surface area contributed by atoms with Gasteiger partial charge in [0.2, 0.25) is 17.7 Å². The Hall–Kier alpha value is -2.75. The third-order valence-electron chi connectivity index (χ3n) is 4.88. The minimum Gasteiger partial charge on any atom is -0.377 e. The lowest BCUT2D eigenvalue weighted by Crippen LogP contribution is -2.32. The molecule has 0 saturated carbocycles. The van der Waals surface area contributed by atoms with Gasteiger partial charge in [0.15, 0.2) is 5.82 Å². The number of nitrogens with two attached hydrogens (primary N) is 1. The zero-order valence-corrected chi connectivity index (χ0v) is 15.6. The summed E-state index contributed by atoms with van der Waals surface area (Å²) in [6.45, 7) is 4.42. The van der Waals surface area contributed by atoms with Gasteiger partial charge < -0.3 is 24.4 Å². The normalized spacial score (nSPS) is 19.6. The summed E-state index contributed by atoms with van der Waals surface area (Å²) < 4.78 is 15.3. The van der Waals surface area contributed by atoms with Crippen molar-refractivity contribution in [2.24, 2.45) is 11.7 Å². The summed E-state index contributed by atoms with van der Waals surface area (Å²) in [5.41, 5.74) is 7.25. The van der Waals surface area contributed by atoms with Crippen molar-refractivity contribution in [2.45, 2.75) is 39.2 Å². The maximum atomic E-state index is 12.7. The Kier molecular flexibility index (Phi) is 5.54. The number of amides is 2. The number of likely N-dealkylation sites (tertiary alicyclic amines) is 1. The van der Waals surface area contributed by atoms with Crippen LogP contribution in [-0.2, 0) is 27.4 Å². The molecule has 0 bridgehead atoms. The van der Waals surface area contributed by atoms with Crippen LogP contribution in [0.4, 0.5) is 0 Å². The zero-order valence-electron chi connectivity index (χ0n) is 15.6. The van der Waals surface area contributed by atoms with Crippen molar-refractivity contribution < 1.29 is 23.4 Å². The fourth-order valence-corrected chi connectivity index (χ4v) is 3.40. The molecule has 146 valence electrons. The van der Waals surface area contributed by atoms with Crippen molar-refractivity contribution in [2.75, 3.05) is 20.2 Å².